The van der Waals surface area contributed by atoms with Gasteiger partial charge >= 0.3 is 5.97 Å². The number of esters is 1. The van der Waals surface area contributed by atoms with E-state index in [1.165, 1.54) is 7.11 Å². The van der Waals surface area contributed by atoms with E-state index in [-0.39, 0.29) is 17.4 Å². The molecule has 7 heteroatoms. The molecule has 1 aliphatic rings. The molecular formula is C12H10BrF2NO3. The summed E-state index contributed by atoms with van der Waals surface area (Å²) < 4.78 is 32.3. The molecule has 1 aromatic rings. The quantitative estimate of drug-likeness (QED) is 0.780. The predicted octanol–water partition coefficient (Wildman–Crippen LogP) is 2.25. The van der Waals surface area contributed by atoms with E-state index in [1.807, 2.05) is 0 Å². The summed E-state index contributed by atoms with van der Waals surface area (Å²) in [4.78, 5) is 24.1. The third-order valence-corrected chi connectivity index (χ3v) is 3.37. The van der Waals surface area contributed by atoms with E-state index in [9.17, 15) is 18.4 Å². The fourth-order valence-corrected chi connectivity index (χ4v) is 2.44. The Bertz CT molecular complexity index is 527. The third kappa shape index (κ3) is 2.60. The summed E-state index contributed by atoms with van der Waals surface area (Å²) in [6.45, 7) is -0.0824. The minimum atomic E-state index is -0.856. The van der Waals surface area contributed by atoms with Crippen LogP contribution in [0.1, 0.15) is 6.42 Å². The molecule has 0 N–H and O–H groups in total. The van der Waals surface area contributed by atoms with Crippen LogP contribution in [0.3, 0.4) is 0 Å². The summed E-state index contributed by atoms with van der Waals surface area (Å²) in [5.74, 6) is -3.47. The lowest BCUT2D eigenvalue weighted by Crippen LogP contribution is -2.28. The molecule has 0 spiro atoms. The Labute approximate surface area is 116 Å². The lowest BCUT2D eigenvalue weighted by atomic mass is 10.1. The first-order valence-corrected chi connectivity index (χ1v) is 6.26. The number of anilines is 1. The van der Waals surface area contributed by atoms with Gasteiger partial charge in [-0.15, -0.1) is 0 Å². The van der Waals surface area contributed by atoms with Gasteiger partial charge in [-0.05, 0) is 12.1 Å². The van der Waals surface area contributed by atoms with Crippen molar-refractivity contribution >= 4 is 33.5 Å². The number of carbonyl (C=O) groups is 2. The van der Waals surface area contributed by atoms with Crippen LogP contribution in [0.25, 0.3) is 0 Å². The van der Waals surface area contributed by atoms with Gasteiger partial charge in [-0.25, -0.2) is 8.78 Å². The van der Waals surface area contributed by atoms with Crippen molar-refractivity contribution < 1.29 is 23.1 Å². The van der Waals surface area contributed by atoms with Crippen LogP contribution in [0.15, 0.2) is 16.6 Å². The molecule has 0 saturated carbocycles. The number of hydrogen-bond acceptors (Lipinski definition) is 3. The van der Waals surface area contributed by atoms with Crippen molar-refractivity contribution in [2.75, 3.05) is 18.6 Å². The number of amides is 1. The van der Waals surface area contributed by atoms with Gasteiger partial charge < -0.3 is 9.64 Å². The van der Waals surface area contributed by atoms with Crippen molar-refractivity contribution in [3.05, 3.63) is 28.2 Å². The summed E-state index contributed by atoms with van der Waals surface area (Å²) in [6.07, 6.45) is -0.110. The van der Waals surface area contributed by atoms with Crippen molar-refractivity contribution in [1.82, 2.24) is 0 Å². The zero-order valence-electron chi connectivity index (χ0n) is 9.95. The van der Waals surface area contributed by atoms with Crippen molar-refractivity contribution in [3.63, 3.8) is 0 Å². The lowest BCUT2D eigenvalue weighted by Gasteiger charge is -2.18. The van der Waals surface area contributed by atoms with Crippen LogP contribution in [-0.4, -0.2) is 25.5 Å². The number of hydrogen-bond donors (Lipinski definition) is 0. The van der Waals surface area contributed by atoms with Crippen LogP contribution in [0.4, 0.5) is 14.5 Å². The average Bonchev–Trinajstić information content (AvgIpc) is 2.69. The molecule has 1 unspecified atom stereocenters. The van der Waals surface area contributed by atoms with E-state index in [0.29, 0.717) is 0 Å². The van der Waals surface area contributed by atoms with Gasteiger partial charge in [-0.3, -0.25) is 9.59 Å². The Hall–Kier alpha value is -1.50. The van der Waals surface area contributed by atoms with Crippen LogP contribution < -0.4 is 4.90 Å². The Morgan fingerprint density at radius 1 is 1.42 bits per heavy atom. The second-order valence-corrected chi connectivity index (χ2v) is 5.06. The van der Waals surface area contributed by atoms with E-state index >= 15 is 0 Å². The van der Waals surface area contributed by atoms with Gasteiger partial charge in [-0.1, -0.05) is 15.9 Å². The standard InChI is InChI=1S/C12H10BrF2NO3/c1-19-12(18)6-2-10(17)16(5-6)11-8(14)3-7(13)4-9(11)15/h3-4,6H,2,5H2,1H3. The maximum atomic E-state index is 13.8. The maximum absolute atomic E-state index is 13.8. The molecule has 0 aliphatic carbocycles. The summed E-state index contributed by atoms with van der Waals surface area (Å²) in [7, 11) is 1.20. The first-order valence-electron chi connectivity index (χ1n) is 5.46. The molecule has 102 valence electrons. The minimum Gasteiger partial charge on any atom is -0.469 e. The van der Waals surface area contributed by atoms with E-state index < -0.39 is 35.1 Å². The normalized spacial score (nSPS) is 18.8. The number of carbonyl (C=O) groups excluding carboxylic acids is 2. The van der Waals surface area contributed by atoms with Gasteiger partial charge in [0.2, 0.25) is 5.91 Å². The van der Waals surface area contributed by atoms with Crippen LogP contribution >= 0.6 is 15.9 Å². The number of nitrogens with zero attached hydrogens (tertiary/aromatic N) is 1. The van der Waals surface area contributed by atoms with E-state index in [4.69, 9.17) is 0 Å². The molecule has 1 amide bonds. The smallest absolute Gasteiger partial charge is 0.311 e. The Balaban J connectivity index is 2.33. The molecule has 0 radical (unpaired) electrons. The molecule has 1 aromatic carbocycles. The number of halogens is 3. The molecule has 19 heavy (non-hydrogen) atoms. The largest absolute Gasteiger partial charge is 0.469 e. The first-order chi connectivity index (χ1) is 8.93. The highest BCUT2D eigenvalue weighted by atomic mass is 79.9. The average molecular weight is 334 g/mol. The van der Waals surface area contributed by atoms with Gasteiger partial charge in [0.25, 0.3) is 0 Å². The van der Waals surface area contributed by atoms with Gasteiger partial charge in [0.1, 0.15) is 5.69 Å². The molecule has 1 saturated heterocycles. The van der Waals surface area contributed by atoms with Crippen molar-refractivity contribution in [1.29, 1.82) is 0 Å². The number of benzene rings is 1. The zero-order valence-corrected chi connectivity index (χ0v) is 11.5. The molecule has 2 rings (SSSR count). The minimum absolute atomic E-state index is 0.0824. The molecule has 1 atom stereocenters. The van der Waals surface area contributed by atoms with Crippen molar-refractivity contribution in [2.24, 2.45) is 5.92 Å². The SMILES string of the molecule is COC(=O)C1CC(=O)N(c2c(F)cc(Br)cc2F)C1. The highest BCUT2D eigenvalue weighted by molar-refractivity contribution is 9.10. The Kier molecular flexibility index (Phi) is 3.84. The maximum Gasteiger partial charge on any atom is 0.311 e. The summed E-state index contributed by atoms with van der Waals surface area (Å²) >= 11 is 2.96. The zero-order chi connectivity index (χ0) is 14.2. The molecular weight excluding hydrogens is 324 g/mol. The number of rotatable bonds is 2. The second kappa shape index (κ2) is 5.24. The fourth-order valence-electron chi connectivity index (χ4n) is 2.04. The lowest BCUT2D eigenvalue weighted by molar-refractivity contribution is -0.145. The van der Waals surface area contributed by atoms with E-state index in [2.05, 4.69) is 20.7 Å². The van der Waals surface area contributed by atoms with Gasteiger partial charge in [0.05, 0.1) is 13.0 Å². The fraction of sp³-hybridized carbons (Fsp3) is 0.333. The molecule has 0 bridgehead atoms. The van der Waals surface area contributed by atoms with E-state index in [1.54, 1.807) is 0 Å². The topological polar surface area (TPSA) is 46.6 Å². The molecule has 1 heterocycles. The van der Waals surface area contributed by atoms with Crippen LogP contribution in [-0.2, 0) is 14.3 Å². The van der Waals surface area contributed by atoms with Gasteiger partial charge in [0, 0.05) is 17.4 Å². The van der Waals surface area contributed by atoms with Crippen LogP contribution in [0, 0.1) is 17.6 Å². The van der Waals surface area contributed by atoms with Crippen molar-refractivity contribution in [3.8, 4) is 0 Å². The molecule has 4 nitrogen and oxygen atoms in total. The summed E-state index contributed by atoms with van der Waals surface area (Å²) in [5, 5.41) is 0. The monoisotopic (exact) mass is 333 g/mol. The Morgan fingerprint density at radius 3 is 2.53 bits per heavy atom. The summed E-state index contributed by atoms with van der Waals surface area (Å²) in [5.41, 5.74) is -0.431. The third-order valence-electron chi connectivity index (χ3n) is 2.91. The van der Waals surface area contributed by atoms with Crippen LogP contribution in [0.5, 0.6) is 0 Å². The number of methoxy groups -OCH3 is 1. The molecule has 1 fully saturated rings. The Morgan fingerprint density at radius 2 is 2.00 bits per heavy atom. The predicted molar refractivity (Wildman–Crippen MR) is 66.5 cm³/mol. The van der Waals surface area contributed by atoms with Gasteiger partial charge in [0.15, 0.2) is 11.6 Å². The van der Waals surface area contributed by atoms with E-state index in [0.717, 1.165) is 17.0 Å². The summed E-state index contributed by atoms with van der Waals surface area (Å²) in [6, 6.07) is 2.13. The molecule has 1 aliphatic heterocycles. The highest BCUT2D eigenvalue weighted by Crippen LogP contribution is 2.32. The highest BCUT2D eigenvalue weighted by Gasteiger charge is 2.38. The molecule has 0 aromatic heterocycles. The van der Waals surface area contributed by atoms with Crippen LogP contribution in [0.2, 0.25) is 0 Å². The van der Waals surface area contributed by atoms with Gasteiger partial charge in [-0.2, -0.15) is 0 Å². The van der Waals surface area contributed by atoms with Crippen molar-refractivity contribution in [2.45, 2.75) is 6.42 Å². The second-order valence-electron chi connectivity index (χ2n) is 4.15. The first kappa shape index (κ1) is 13.9. The number of ether oxygens (including phenoxy) is 1.